The van der Waals surface area contributed by atoms with Gasteiger partial charge < -0.3 is 19.7 Å². The summed E-state index contributed by atoms with van der Waals surface area (Å²) in [6.07, 6.45) is 8.97. The first-order chi connectivity index (χ1) is 14.2. The standard InChI is InChI=1S/C23H46N4O2.HI/c1-5-24-23(27-15-11-21(12-16-27)29-18-10-17-28-4)25-19-22(20(2)3)26-13-8-6-7-9-14-26;/h20-22H,5-19H2,1-4H3,(H,24,25);1H. The quantitative estimate of drug-likeness (QED) is 0.197. The number of guanidine groups is 1. The Morgan fingerprint density at radius 3 is 2.27 bits per heavy atom. The summed E-state index contributed by atoms with van der Waals surface area (Å²) in [5, 5.41) is 3.54. The molecule has 6 nitrogen and oxygen atoms in total. The average Bonchev–Trinajstić information content (AvgIpc) is 3.00. The van der Waals surface area contributed by atoms with E-state index in [0.717, 1.165) is 64.6 Å². The molecule has 2 fully saturated rings. The van der Waals surface area contributed by atoms with Gasteiger partial charge in [0.25, 0.3) is 0 Å². The molecule has 0 aromatic carbocycles. The van der Waals surface area contributed by atoms with Gasteiger partial charge in [-0.05, 0) is 58.0 Å². The minimum atomic E-state index is 0. The molecule has 2 aliphatic rings. The molecule has 7 heteroatoms. The molecule has 178 valence electrons. The molecular formula is C23H47IN4O2. The highest BCUT2D eigenvalue weighted by Gasteiger charge is 2.25. The Labute approximate surface area is 202 Å². The average molecular weight is 539 g/mol. The Bertz CT molecular complexity index is 448. The van der Waals surface area contributed by atoms with E-state index in [0.29, 0.717) is 18.1 Å². The predicted molar refractivity (Wildman–Crippen MR) is 137 cm³/mol. The van der Waals surface area contributed by atoms with Crippen LogP contribution in [0, 0.1) is 5.92 Å². The van der Waals surface area contributed by atoms with E-state index in [9.17, 15) is 0 Å². The Morgan fingerprint density at radius 1 is 1.03 bits per heavy atom. The summed E-state index contributed by atoms with van der Waals surface area (Å²) in [6, 6.07) is 0.545. The van der Waals surface area contributed by atoms with Crippen LogP contribution >= 0.6 is 24.0 Å². The second kappa shape index (κ2) is 16.5. The molecule has 1 atom stereocenters. The van der Waals surface area contributed by atoms with Crippen molar-refractivity contribution in [3.05, 3.63) is 0 Å². The second-order valence-electron chi connectivity index (χ2n) is 8.86. The molecule has 2 rings (SSSR count). The normalized spacial score (nSPS) is 20.7. The third-order valence-electron chi connectivity index (χ3n) is 6.23. The predicted octanol–water partition coefficient (Wildman–Crippen LogP) is 3.99. The summed E-state index contributed by atoms with van der Waals surface area (Å²) >= 11 is 0. The van der Waals surface area contributed by atoms with Crippen molar-refractivity contribution in [2.75, 3.05) is 59.6 Å². The van der Waals surface area contributed by atoms with Crippen LogP contribution in [0.5, 0.6) is 0 Å². The maximum absolute atomic E-state index is 6.02. The van der Waals surface area contributed by atoms with Gasteiger partial charge in [-0.15, -0.1) is 24.0 Å². The number of aliphatic imine (C=N–C) groups is 1. The van der Waals surface area contributed by atoms with Crippen molar-refractivity contribution < 1.29 is 9.47 Å². The molecule has 0 aromatic heterocycles. The fourth-order valence-corrected chi connectivity index (χ4v) is 4.47. The zero-order chi connectivity index (χ0) is 20.9. The number of hydrogen-bond acceptors (Lipinski definition) is 4. The SMILES string of the molecule is CCNC(=NCC(C(C)C)N1CCCCCC1)N1CCC(OCCCOC)CC1.I. The first-order valence-corrected chi connectivity index (χ1v) is 12.0. The molecule has 30 heavy (non-hydrogen) atoms. The molecule has 0 aromatic rings. The summed E-state index contributed by atoms with van der Waals surface area (Å²) < 4.78 is 11.1. The van der Waals surface area contributed by atoms with Gasteiger partial charge in [-0.2, -0.15) is 0 Å². The second-order valence-corrected chi connectivity index (χ2v) is 8.86. The highest BCUT2D eigenvalue weighted by Crippen LogP contribution is 2.19. The van der Waals surface area contributed by atoms with E-state index in [2.05, 4.69) is 35.9 Å². The van der Waals surface area contributed by atoms with Gasteiger partial charge in [0.15, 0.2) is 5.96 Å². The lowest BCUT2D eigenvalue weighted by Gasteiger charge is -2.36. The third-order valence-corrected chi connectivity index (χ3v) is 6.23. The van der Waals surface area contributed by atoms with Crippen molar-refractivity contribution in [1.29, 1.82) is 0 Å². The zero-order valence-electron chi connectivity index (χ0n) is 19.9. The smallest absolute Gasteiger partial charge is 0.193 e. The summed E-state index contributed by atoms with van der Waals surface area (Å²) in [6.45, 7) is 14.8. The van der Waals surface area contributed by atoms with Crippen LogP contribution in [0.1, 0.15) is 65.7 Å². The van der Waals surface area contributed by atoms with E-state index in [-0.39, 0.29) is 24.0 Å². The van der Waals surface area contributed by atoms with Crippen LogP contribution in [0.3, 0.4) is 0 Å². The van der Waals surface area contributed by atoms with Crippen LogP contribution in [0.15, 0.2) is 4.99 Å². The highest BCUT2D eigenvalue weighted by molar-refractivity contribution is 14.0. The molecule has 2 saturated heterocycles. The maximum atomic E-state index is 6.02. The molecule has 0 aliphatic carbocycles. The van der Waals surface area contributed by atoms with Crippen LogP contribution in [0.25, 0.3) is 0 Å². The lowest BCUT2D eigenvalue weighted by atomic mass is 10.0. The maximum Gasteiger partial charge on any atom is 0.193 e. The van der Waals surface area contributed by atoms with Gasteiger partial charge in [0.2, 0.25) is 0 Å². The Kier molecular flexibility index (Phi) is 15.4. The van der Waals surface area contributed by atoms with Crippen molar-refractivity contribution in [3.63, 3.8) is 0 Å². The lowest BCUT2D eigenvalue weighted by Crippen LogP contribution is -2.48. The van der Waals surface area contributed by atoms with Crippen LogP contribution in [-0.4, -0.2) is 87.5 Å². The fourth-order valence-electron chi connectivity index (χ4n) is 4.47. The van der Waals surface area contributed by atoms with Gasteiger partial charge in [0, 0.05) is 46.0 Å². The molecule has 0 radical (unpaired) electrons. The van der Waals surface area contributed by atoms with E-state index in [1.807, 2.05) is 0 Å². The molecule has 1 unspecified atom stereocenters. The van der Waals surface area contributed by atoms with E-state index < -0.39 is 0 Å². The van der Waals surface area contributed by atoms with E-state index in [1.54, 1.807) is 7.11 Å². The molecular weight excluding hydrogens is 491 g/mol. The number of piperidine rings is 1. The van der Waals surface area contributed by atoms with Crippen LogP contribution in [0.4, 0.5) is 0 Å². The summed E-state index contributed by atoms with van der Waals surface area (Å²) in [5.74, 6) is 1.72. The van der Waals surface area contributed by atoms with Gasteiger partial charge in [-0.3, -0.25) is 9.89 Å². The number of nitrogens with one attached hydrogen (secondary N) is 1. The fraction of sp³-hybridized carbons (Fsp3) is 0.957. The van der Waals surface area contributed by atoms with Crippen LogP contribution in [0.2, 0.25) is 0 Å². The number of likely N-dealkylation sites (tertiary alicyclic amines) is 2. The largest absolute Gasteiger partial charge is 0.385 e. The number of hydrogen-bond donors (Lipinski definition) is 1. The van der Waals surface area contributed by atoms with Crippen molar-refractivity contribution in [3.8, 4) is 0 Å². The Balaban J connectivity index is 0.00000450. The molecule has 0 amide bonds. The number of rotatable bonds is 10. The van der Waals surface area contributed by atoms with Crippen LogP contribution in [-0.2, 0) is 9.47 Å². The minimum Gasteiger partial charge on any atom is -0.385 e. The van der Waals surface area contributed by atoms with Gasteiger partial charge >= 0.3 is 0 Å². The van der Waals surface area contributed by atoms with Crippen molar-refractivity contribution in [1.82, 2.24) is 15.1 Å². The molecule has 2 aliphatic heterocycles. The van der Waals surface area contributed by atoms with E-state index in [4.69, 9.17) is 14.5 Å². The topological polar surface area (TPSA) is 49.3 Å². The number of halogens is 1. The first kappa shape index (κ1) is 27.9. The van der Waals surface area contributed by atoms with Gasteiger partial charge in [0.05, 0.1) is 12.6 Å². The molecule has 0 bridgehead atoms. The van der Waals surface area contributed by atoms with Gasteiger partial charge in [0.1, 0.15) is 0 Å². The molecule has 0 spiro atoms. The highest BCUT2D eigenvalue weighted by atomic mass is 127. The van der Waals surface area contributed by atoms with E-state index >= 15 is 0 Å². The minimum absolute atomic E-state index is 0. The molecule has 1 N–H and O–H groups in total. The number of methoxy groups -OCH3 is 1. The summed E-state index contributed by atoms with van der Waals surface area (Å²) in [7, 11) is 1.75. The third kappa shape index (κ3) is 10.0. The Morgan fingerprint density at radius 2 is 1.70 bits per heavy atom. The monoisotopic (exact) mass is 538 g/mol. The van der Waals surface area contributed by atoms with Crippen molar-refractivity contribution >= 4 is 29.9 Å². The van der Waals surface area contributed by atoms with Crippen LogP contribution < -0.4 is 5.32 Å². The van der Waals surface area contributed by atoms with Gasteiger partial charge in [-0.1, -0.05) is 26.7 Å². The first-order valence-electron chi connectivity index (χ1n) is 12.0. The van der Waals surface area contributed by atoms with E-state index in [1.165, 1.54) is 38.8 Å². The Hall–Kier alpha value is -0.120. The summed E-state index contributed by atoms with van der Waals surface area (Å²) in [5.41, 5.74) is 0. The van der Waals surface area contributed by atoms with Crippen molar-refractivity contribution in [2.24, 2.45) is 10.9 Å². The van der Waals surface area contributed by atoms with Gasteiger partial charge in [-0.25, -0.2) is 0 Å². The number of ether oxygens (including phenoxy) is 2. The van der Waals surface area contributed by atoms with Crippen molar-refractivity contribution in [2.45, 2.75) is 77.9 Å². The molecule has 0 saturated carbocycles. The number of nitrogens with zero attached hydrogens (tertiary/aromatic N) is 3. The molecule has 2 heterocycles. The summed E-state index contributed by atoms with van der Waals surface area (Å²) in [4.78, 5) is 10.2. The lowest BCUT2D eigenvalue weighted by molar-refractivity contribution is 0.00987. The zero-order valence-corrected chi connectivity index (χ0v) is 22.2.